The summed E-state index contributed by atoms with van der Waals surface area (Å²) in [5, 5.41) is 0. The Kier molecular flexibility index (Phi) is 5.70. The minimum Gasteiger partial charge on any atom is -0.378 e. The molecular weight excluding hydrogens is 276 g/mol. The molecule has 3 fully saturated rings. The number of amides is 1. The maximum atomic E-state index is 12.4. The molecule has 4 unspecified atom stereocenters. The van der Waals surface area contributed by atoms with E-state index in [-0.39, 0.29) is 24.4 Å². The van der Waals surface area contributed by atoms with E-state index in [1.807, 2.05) is 0 Å². The SMILES string of the molecule is Cl.NC1CCCC2CN(C(=O)CC3CCCCO3)CC12. The summed E-state index contributed by atoms with van der Waals surface area (Å²) < 4.78 is 5.68. The Hall–Kier alpha value is -0.320. The standard InChI is InChI=1S/C15H26N2O2.ClH/c16-14-6-3-4-11-9-17(10-13(11)14)15(18)8-12-5-1-2-7-19-12;/h11-14H,1-10,16H2;1H. The number of nitrogens with two attached hydrogens (primary N) is 1. The topological polar surface area (TPSA) is 55.6 Å². The molecule has 2 heterocycles. The molecule has 4 nitrogen and oxygen atoms in total. The molecule has 3 aliphatic rings. The molecular formula is C15H27ClN2O2. The van der Waals surface area contributed by atoms with Crippen LogP contribution in [-0.4, -0.2) is 42.6 Å². The predicted molar refractivity (Wildman–Crippen MR) is 80.8 cm³/mol. The minimum absolute atomic E-state index is 0. The highest BCUT2D eigenvalue weighted by Gasteiger charge is 2.40. The van der Waals surface area contributed by atoms with Crippen LogP contribution in [0.2, 0.25) is 0 Å². The molecule has 2 aliphatic heterocycles. The van der Waals surface area contributed by atoms with Crippen molar-refractivity contribution >= 4 is 18.3 Å². The zero-order valence-corrected chi connectivity index (χ0v) is 12.9. The normalized spacial score (nSPS) is 37.1. The number of fused-ring (bicyclic) bond motifs is 1. The van der Waals surface area contributed by atoms with E-state index in [9.17, 15) is 4.79 Å². The van der Waals surface area contributed by atoms with Gasteiger partial charge in [0, 0.05) is 25.7 Å². The van der Waals surface area contributed by atoms with Crippen molar-refractivity contribution in [3.63, 3.8) is 0 Å². The van der Waals surface area contributed by atoms with E-state index < -0.39 is 0 Å². The van der Waals surface area contributed by atoms with Gasteiger partial charge in [-0.1, -0.05) is 6.42 Å². The molecule has 1 saturated carbocycles. The van der Waals surface area contributed by atoms with Crippen LogP contribution in [-0.2, 0) is 9.53 Å². The van der Waals surface area contributed by atoms with Gasteiger partial charge in [0.1, 0.15) is 0 Å². The van der Waals surface area contributed by atoms with Crippen molar-refractivity contribution < 1.29 is 9.53 Å². The zero-order chi connectivity index (χ0) is 13.2. The van der Waals surface area contributed by atoms with Crippen LogP contribution in [0.3, 0.4) is 0 Å². The predicted octanol–water partition coefficient (Wildman–Crippen LogP) is 1.95. The maximum Gasteiger partial charge on any atom is 0.225 e. The molecule has 116 valence electrons. The second kappa shape index (κ2) is 7.10. The van der Waals surface area contributed by atoms with Crippen LogP contribution in [0.15, 0.2) is 0 Å². The summed E-state index contributed by atoms with van der Waals surface area (Å²) >= 11 is 0. The van der Waals surface area contributed by atoms with E-state index in [1.54, 1.807) is 0 Å². The molecule has 20 heavy (non-hydrogen) atoms. The van der Waals surface area contributed by atoms with Crippen LogP contribution < -0.4 is 5.73 Å². The second-order valence-electron chi connectivity index (χ2n) is 6.51. The molecule has 0 bridgehead atoms. The van der Waals surface area contributed by atoms with E-state index in [0.29, 0.717) is 24.3 Å². The van der Waals surface area contributed by atoms with Gasteiger partial charge in [-0.05, 0) is 43.9 Å². The lowest BCUT2D eigenvalue weighted by molar-refractivity contribution is -0.134. The second-order valence-corrected chi connectivity index (χ2v) is 6.51. The molecule has 0 radical (unpaired) electrons. The van der Waals surface area contributed by atoms with E-state index in [4.69, 9.17) is 10.5 Å². The molecule has 2 saturated heterocycles. The van der Waals surface area contributed by atoms with Crippen molar-refractivity contribution in [2.75, 3.05) is 19.7 Å². The third-order valence-corrected chi connectivity index (χ3v) is 5.18. The van der Waals surface area contributed by atoms with E-state index in [2.05, 4.69) is 4.90 Å². The number of likely N-dealkylation sites (tertiary alicyclic amines) is 1. The number of nitrogens with zero attached hydrogens (tertiary/aromatic N) is 1. The van der Waals surface area contributed by atoms with E-state index in [1.165, 1.54) is 19.3 Å². The van der Waals surface area contributed by atoms with Crippen LogP contribution in [0.25, 0.3) is 0 Å². The number of carbonyl (C=O) groups is 1. The molecule has 0 aromatic heterocycles. The van der Waals surface area contributed by atoms with Crippen molar-refractivity contribution in [2.24, 2.45) is 17.6 Å². The molecule has 1 aliphatic carbocycles. The van der Waals surface area contributed by atoms with Crippen molar-refractivity contribution in [1.82, 2.24) is 4.90 Å². The summed E-state index contributed by atoms with van der Waals surface area (Å²) in [4.78, 5) is 14.4. The molecule has 5 heteroatoms. The smallest absolute Gasteiger partial charge is 0.225 e. The van der Waals surface area contributed by atoms with Gasteiger partial charge >= 0.3 is 0 Å². The molecule has 2 N–H and O–H groups in total. The fourth-order valence-electron chi connectivity index (χ4n) is 4.01. The third-order valence-electron chi connectivity index (χ3n) is 5.18. The van der Waals surface area contributed by atoms with Crippen molar-refractivity contribution in [1.29, 1.82) is 0 Å². The lowest BCUT2D eigenvalue weighted by atomic mass is 9.78. The van der Waals surface area contributed by atoms with Gasteiger partial charge in [0.25, 0.3) is 0 Å². The van der Waals surface area contributed by atoms with Gasteiger partial charge < -0.3 is 15.4 Å². The largest absolute Gasteiger partial charge is 0.378 e. The fourth-order valence-corrected chi connectivity index (χ4v) is 4.01. The lowest BCUT2D eigenvalue weighted by Gasteiger charge is -2.29. The van der Waals surface area contributed by atoms with Gasteiger partial charge in [0.15, 0.2) is 0 Å². The molecule has 0 aromatic rings. The average molecular weight is 303 g/mol. The lowest BCUT2D eigenvalue weighted by Crippen LogP contribution is -2.38. The first-order chi connectivity index (χ1) is 9.24. The Morgan fingerprint density at radius 3 is 2.70 bits per heavy atom. The van der Waals surface area contributed by atoms with Gasteiger partial charge in [-0.2, -0.15) is 0 Å². The molecule has 3 rings (SSSR count). The number of carbonyl (C=O) groups excluding carboxylic acids is 1. The molecule has 4 atom stereocenters. The van der Waals surface area contributed by atoms with E-state index >= 15 is 0 Å². The monoisotopic (exact) mass is 302 g/mol. The fraction of sp³-hybridized carbons (Fsp3) is 0.933. The Morgan fingerprint density at radius 2 is 2.00 bits per heavy atom. The number of halogens is 1. The Morgan fingerprint density at radius 1 is 1.15 bits per heavy atom. The van der Waals surface area contributed by atoms with Crippen LogP contribution >= 0.6 is 12.4 Å². The maximum absolute atomic E-state index is 12.4. The van der Waals surface area contributed by atoms with Crippen molar-refractivity contribution in [3.8, 4) is 0 Å². The summed E-state index contributed by atoms with van der Waals surface area (Å²) in [5.41, 5.74) is 6.20. The van der Waals surface area contributed by atoms with Crippen LogP contribution in [0.4, 0.5) is 0 Å². The van der Waals surface area contributed by atoms with Gasteiger partial charge in [0.2, 0.25) is 5.91 Å². The van der Waals surface area contributed by atoms with Crippen LogP contribution in [0.1, 0.15) is 44.9 Å². The highest BCUT2D eigenvalue weighted by molar-refractivity contribution is 5.85. The van der Waals surface area contributed by atoms with Gasteiger partial charge in [-0.3, -0.25) is 4.79 Å². The number of rotatable bonds is 2. The quantitative estimate of drug-likeness (QED) is 0.848. The van der Waals surface area contributed by atoms with Crippen LogP contribution in [0, 0.1) is 11.8 Å². The van der Waals surface area contributed by atoms with Gasteiger partial charge in [-0.25, -0.2) is 0 Å². The Balaban J connectivity index is 0.00000147. The van der Waals surface area contributed by atoms with Crippen molar-refractivity contribution in [3.05, 3.63) is 0 Å². The molecule has 0 aromatic carbocycles. The summed E-state index contributed by atoms with van der Waals surface area (Å²) in [6.45, 7) is 2.65. The summed E-state index contributed by atoms with van der Waals surface area (Å²) in [6.07, 6.45) is 7.76. The van der Waals surface area contributed by atoms with E-state index in [0.717, 1.165) is 39.0 Å². The zero-order valence-electron chi connectivity index (χ0n) is 12.1. The first-order valence-corrected chi connectivity index (χ1v) is 7.89. The summed E-state index contributed by atoms with van der Waals surface area (Å²) in [6, 6.07) is 0.308. The number of hydrogen-bond acceptors (Lipinski definition) is 3. The highest BCUT2D eigenvalue weighted by atomic mass is 35.5. The Labute approximate surface area is 127 Å². The van der Waals surface area contributed by atoms with Gasteiger partial charge in [-0.15, -0.1) is 12.4 Å². The first-order valence-electron chi connectivity index (χ1n) is 7.89. The highest BCUT2D eigenvalue weighted by Crippen LogP contribution is 2.36. The first kappa shape index (κ1) is 16.1. The Bertz CT molecular complexity index is 334. The summed E-state index contributed by atoms with van der Waals surface area (Å²) in [7, 11) is 0. The molecule has 0 spiro atoms. The average Bonchev–Trinajstić information content (AvgIpc) is 2.85. The summed E-state index contributed by atoms with van der Waals surface area (Å²) in [5.74, 6) is 1.48. The van der Waals surface area contributed by atoms with Crippen molar-refractivity contribution in [2.45, 2.75) is 57.1 Å². The number of ether oxygens (including phenoxy) is 1. The number of hydrogen-bond donors (Lipinski definition) is 1. The molecule has 1 amide bonds. The third kappa shape index (κ3) is 3.46. The minimum atomic E-state index is 0. The van der Waals surface area contributed by atoms with Gasteiger partial charge in [0.05, 0.1) is 12.5 Å². The van der Waals surface area contributed by atoms with Crippen LogP contribution in [0.5, 0.6) is 0 Å².